The van der Waals surface area contributed by atoms with Crippen LogP contribution in [0.15, 0.2) is 48.5 Å². The number of hydrogen-bond donors (Lipinski definition) is 1. The van der Waals surface area contributed by atoms with Crippen LogP contribution in [-0.2, 0) is 4.74 Å². The number of rotatable bonds is 2. The third kappa shape index (κ3) is 3.22. The lowest BCUT2D eigenvalue weighted by atomic mass is 10.0. The smallest absolute Gasteiger partial charge is 0.271 e. The zero-order valence-corrected chi connectivity index (χ0v) is 15.4. The Morgan fingerprint density at radius 3 is 2.85 bits per heavy atom. The van der Waals surface area contributed by atoms with Crippen molar-refractivity contribution < 1.29 is 9.53 Å². The molecule has 4 rings (SSSR count). The van der Waals surface area contributed by atoms with E-state index in [4.69, 9.17) is 16.3 Å². The first-order valence-electron chi connectivity index (χ1n) is 8.91. The van der Waals surface area contributed by atoms with Crippen LogP contribution in [0, 0.1) is 0 Å². The summed E-state index contributed by atoms with van der Waals surface area (Å²) >= 11 is 6.23. The van der Waals surface area contributed by atoms with Gasteiger partial charge in [0.15, 0.2) is 0 Å². The van der Waals surface area contributed by atoms with Gasteiger partial charge in [-0.15, -0.1) is 0 Å². The number of ether oxygens (including phenoxy) is 1. The van der Waals surface area contributed by atoms with Gasteiger partial charge in [0.2, 0.25) is 0 Å². The third-order valence-corrected chi connectivity index (χ3v) is 5.01. The molecule has 3 aromatic rings. The summed E-state index contributed by atoms with van der Waals surface area (Å²) in [6.45, 7) is 4.00. The van der Waals surface area contributed by atoms with E-state index in [1.54, 1.807) is 0 Å². The number of nitrogens with zero attached hydrogens (tertiary/aromatic N) is 1. The Morgan fingerprint density at radius 2 is 2.04 bits per heavy atom. The minimum absolute atomic E-state index is 0.00789. The van der Waals surface area contributed by atoms with Crippen LogP contribution < -0.4 is 0 Å². The molecule has 0 saturated carbocycles. The number of amides is 1. The van der Waals surface area contributed by atoms with Crippen LogP contribution in [0.25, 0.3) is 22.0 Å². The van der Waals surface area contributed by atoms with E-state index in [-0.39, 0.29) is 12.0 Å². The fourth-order valence-corrected chi connectivity index (χ4v) is 3.74. The number of hydrogen-bond acceptors (Lipinski definition) is 2. The highest BCUT2D eigenvalue weighted by Crippen LogP contribution is 2.34. The summed E-state index contributed by atoms with van der Waals surface area (Å²) in [5, 5.41) is 1.62. The Morgan fingerprint density at radius 1 is 1.23 bits per heavy atom. The van der Waals surface area contributed by atoms with E-state index < -0.39 is 0 Å². The first-order valence-corrected chi connectivity index (χ1v) is 9.29. The van der Waals surface area contributed by atoms with E-state index >= 15 is 0 Å². The second-order valence-corrected chi connectivity index (χ2v) is 7.15. The average molecular weight is 369 g/mol. The predicted molar refractivity (Wildman–Crippen MR) is 105 cm³/mol. The van der Waals surface area contributed by atoms with Gasteiger partial charge in [-0.25, -0.2) is 0 Å². The molecule has 1 atom stereocenters. The molecule has 1 aliphatic rings. The topological polar surface area (TPSA) is 45.3 Å². The van der Waals surface area contributed by atoms with Gasteiger partial charge in [-0.3, -0.25) is 4.79 Å². The van der Waals surface area contributed by atoms with Gasteiger partial charge in [-0.1, -0.05) is 41.9 Å². The summed E-state index contributed by atoms with van der Waals surface area (Å²) in [7, 11) is 0. The maximum absolute atomic E-state index is 13.4. The molecule has 0 spiro atoms. The number of benzene rings is 2. The monoisotopic (exact) mass is 368 g/mol. The van der Waals surface area contributed by atoms with Gasteiger partial charge in [0, 0.05) is 41.2 Å². The van der Waals surface area contributed by atoms with Crippen molar-refractivity contribution >= 4 is 28.4 Å². The van der Waals surface area contributed by atoms with E-state index in [0.29, 0.717) is 30.4 Å². The van der Waals surface area contributed by atoms with Gasteiger partial charge in [0.05, 0.1) is 6.10 Å². The summed E-state index contributed by atoms with van der Waals surface area (Å²) in [6.07, 6.45) is 0.892. The Hall–Kier alpha value is -2.30. The standard InChI is InChI=1S/C21H21ClN2O2/c1-14-13-24(10-5-11-26-14)21(25)20-19(15-6-3-2-4-7-15)17-12-16(22)8-9-18(17)23-20/h2-4,6-9,12,14,23H,5,10-11,13H2,1H3/t14-/m1/s1. The van der Waals surface area contributed by atoms with Crippen molar-refractivity contribution in [1.82, 2.24) is 9.88 Å². The SMILES string of the molecule is C[C@@H]1CN(C(=O)c2[nH]c3ccc(Cl)cc3c2-c2ccccc2)CCCO1. The second kappa shape index (κ2) is 7.14. The van der Waals surface area contributed by atoms with Crippen molar-refractivity contribution in [3.05, 3.63) is 59.2 Å². The molecule has 1 saturated heterocycles. The van der Waals surface area contributed by atoms with E-state index in [1.807, 2.05) is 60.4 Å². The molecule has 1 fully saturated rings. The van der Waals surface area contributed by atoms with Gasteiger partial charge in [-0.05, 0) is 37.1 Å². The highest BCUT2D eigenvalue weighted by atomic mass is 35.5. The summed E-state index contributed by atoms with van der Waals surface area (Å²) in [5.41, 5.74) is 3.44. The number of carbonyl (C=O) groups excluding carboxylic acids is 1. The van der Waals surface area contributed by atoms with Crippen molar-refractivity contribution in [2.75, 3.05) is 19.7 Å². The van der Waals surface area contributed by atoms with Crippen molar-refractivity contribution in [2.45, 2.75) is 19.4 Å². The molecule has 0 radical (unpaired) electrons. The molecule has 134 valence electrons. The molecular weight excluding hydrogens is 348 g/mol. The molecule has 1 amide bonds. The molecule has 4 nitrogen and oxygen atoms in total. The van der Waals surface area contributed by atoms with E-state index in [2.05, 4.69) is 4.98 Å². The lowest BCUT2D eigenvalue weighted by Gasteiger charge is -2.22. The Kier molecular flexibility index (Phi) is 4.70. The van der Waals surface area contributed by atoms with Crippen LogP contribution in [0.4, 0.5) is 0 Å². The molecule has 1 aromatic heterocycles. The summed E-state index contributed by atoms with van der Waals surface area (Å²) in [5.74, 6) is 0.00789. The maximum Gasteiger partial charge on any atom is 0.271 e. The first-order chi connectivity index (χ1) is 12.6. The summed E-state index contributed by atoms with van der Waals surface area (Å²) in [6, 6.07) is 15.7. The first kappa shape index (κ1) is 17.1. The fraction of sp³-hybridized carbons (Fsp3) is 0.286. The van der Waals surface area contributed by atoms with Crippen molar-refractivity contribution in [3.63, 3.8) is 0 Å². The number of H-pyrrole nitrogens is 1. The maximum atomic E-state index is 13.4. The normalized spacial score (nSPS) is 18.1. The van der Waals surface area contributed by atoms with Crippen LogP contribution in [0.2, 0.25) is 5.02 Å². The Bertz CT molecular complexity index is 936. The molecule has 0 bridgehead atoms. The molecule has 0 unspecified atom stereocenters. The van der Waals surface area contributed by atoms with Gasteiger partial charge < -0.3 is 14.6 Å². The molecule has 0 aliphatic carbocycles. The zero-order chi connectivity index (χ0) is 18.1. The molecule has 2 heterocycles. The highest BCUT2D eigenvalue weighted by Gasteiger charge is 2.26. The Labute approximate surface area is 157 Å². The molecule has 5 heteroatoms. The molecule has 1 aliphatic heterocycles. The highest BCUT2D eigenvalue weighted by molar-refractivity contribution is 6.31. The average Bonchev–Trinajstić information content (AvgIpc) is 2.88. The van der Waals surface area contributed by atoms with Gasteiger partial charge in [-0.2, -0.15) is 0 Å². The van der Waals surface area contributed by atoms with E-state index in [1.165, 1.54) is 0 Å². The van der Waals surface area contributed by atoms with Gasteiger partial charge >= 0.3 is 0 Å². The number of halogens is 1. The van der Waals surface area contributed by atoms with Crippen molar-refractivity contribution in [2.24, 2.45) is 0 Å². The number of aromatic amines is 1. The summed E-state index contributed by atoms with van der Waals surface area (Å²) in [4.78, 5) is 18.6. The minimum atomic E-state index is 0.00789. The predicted octanol–water partition coefficient (Wildman–Crippen LogP) is 4.74. The number of aromatic nitrogens is 1. The number of nitrogens with one attached hydrogen (secondary N) is 1. The largest absolute Gasteiger partial charge is 0.377 e. The third-order valence-electron chi connectivity index (χ3n) is 4.78. The van der Waals surface area contributed by atoms with Crippen molar-refractivity contribution in [3.8, 4) is 11.1 Å². The molecule has 26 heavy (non-hydrogen) atoms. The van der Waals surface area contributed by atoms with Crippen LogP contribution >= 0.6 is 11.6 Å². The zero-order valence-electron chi connectivity index (χ0n) is 14.7. The summed E-state index contributed by atoms with van der Waals surface area (Å²) < 4.78 is 5.69. The lowest BCUT2D eigenvalue weighted by molar-refractivity contribution is 0.0560. The second-order valence-electron chi connectivity index (χ2n) is 6.72. The van der Waals surface area contributed by atoms with E-state index in [9.17, 15) is 4.79 Å². The fourth-order valence-electron chi connectivity index (χ4n) is 3.57. The van der Waals surface area contributed by atoms with E-state index in [0.717, 1.165) is 28.5 Å². The molecular formula is C21H21ClN2O2. The van der Waals surface area contributed by atoms with Crippen LogP contribution in [0.5, 0.6) is 0 Å². The number of carbonyl (C=O) groups is 1. The molecule has 2 aromatic carbocycles. The van der Waals surface area contributed by atoms with Gasteiger partial charge in [0.25, 0.3) is 5.91 Å². The van der Waals surface area contributed by atoms with Crippen molar-refractivity contribution in [1.29, 1.82) is 0 Å². The lowest BCUT2D eigenvalue weighted by Crippen LogP contribution is -2.36. The van der Waals surface area contributed by atoms with Crippen LogP contribution in [0.3, 0.4) is 0 Å². The quantitative estimate of drug-likeness (QED) is 0.710. The van der Waals surface area contributed by atoms with Gasteiger partial charge in [0.1, 0.15) is 5.69 Å². The van der Waals surface area contributed by atoms with Crippen LogP contribution in [-0.4, -0.2) is 41.6 Å². The number of fused-ring (bicyclic) bond motifs is 1. The molecule has 1 N–H and O–H groups in total. The Balaban J connectivity index is 1.85. The minimum Gasteiger partial charge on any atom is -0.377 e. The van der Waals surface area contributed by atoms with Crippen LogP contribution in [0.1, 0.15) is 23.8 Å².